The maximum absolute atomic E-state index is 11.5. The molecule has 0 bridgehead atoms. The summed E-state index contributed by atoms with van der Waals surface area (Å²) in [7, 11) is 0. The maximum atomic E-state index is 11.5. The molecule has 7 heteroatoms. The van der Waals surface area contributed by atoms with Gasteiger partial charge in [0.25, 0.3) is 0 Å². The zero-order chi connectivity index (χ0) is 18.2. The van der Waals surface area contributed by atoms with Gasteiger partial charge in [-0.3, -0.25) is 0 Å². The summed E-state index contributed by atoms with van der Waals surface area (Å²) in [6.07, 6.45) is 2.86. The molecule has 0 radical (unpaired) electrons. The average Bonchev–Trinajstić information content (AvgIpc) is 2.57. The summed E-state index contributed by atoms with van der Waals surface area (Å²) in [6.45, 7) is 4.36. The highest BCUT2D eigenvalue weighted by Crippen LogP contribution is 2.33. The number of carbonyl (C=O) groups is 1. The van der Waals surface area contributed by atoms with Crippen molar-refractivity contribution < 1.29 is 19.0 Å². The maximum Gasteiger partial charge on any atom is 0.330 e. The molecule has 1 heterocycles. The monoisotopic (exact) mass is 381 g/mol. The summed E-state index contributed by atoms with van der Waals surface area (Å²) in [5.41, 5.74) is 0.572. The van der Waals surface area contributed by atoms with E-state index in [0.29, 0.717) is 40.5 Å². The van der Waals surface area contributed by atoms with E-state index in [1.165, 1.54) is 6.08 Å². The van der Waals surface area contributed by atoms with Crippen molar-refractivity contribution in [3.05, 3.63) is 52.0 Å². The molecule has 0 aliphatic rings. The second-order valence-corrected chi connectivity index (χ2v) is 5.58. The van der Waals surface area contributed by atoms with Crippen LogP contribution in [0.25, 0.3) is 6.08 Å². The summed E-state index contributed by atoms with van der Waals surface area (Å²) in [4.78, 5) is 15.8. The number of rotatable bonds is 7. The molecule has 0 amide bonds. The van der Waals surface area contributed by atoms with Crippen molar-refractivity contribution in [2.45, 2.75) is 13.8 Å². The van der Waals surface area contributed by atoms with Crippen LogP contribution in [0.1, 0.15) is 19.4 Å². The van der Waals surface area contributed by atoms with Crippen LogP contribution in [0.3, 0.4) is 0 Å². The lowest BCUT2D eigenvalue weighted by Crippen LogP contribution is -2.00. The van der Waals surface area contributed by atoms with Gasteiger partial charge in [0.15, 0.2) is 0 Å². The van der Waals surface area contributed by atoms with Crippen LogP contribution in [-0.2, 0) is 9.53 Å². The van der Waals surface area contributed by atoms with Crippen LogP contribution in [0, 0.1) is 0 Å². The van der Waals surface area contributed by atoms with Gasteiger partial charge in [-0.1, -0.05) is 23.2 Å². The molecule has 0 fully saturated rings. The molecule has 2 rings (SSSR count). The number of halogens is 2. The first-order valence-electron chi connectivity index (χ1n) is 7.65. The van der Waals surface area contributed by atoms with Crippen LogP contribution < -0.4 is 9.47 Å². The quantitative estimate of drug-likeness (QED) is 0.489. The average molecular weight is 382 g/mol. The molecular weight excluding hydrogens is 365 g/mol. The van der Waals surface area contributed by atoms with E-state index in [9.17, 15) is 4.79 Å². The molecule has 0 aliphatic heterocycles. The number of carbonyl (C=O) groups excluding carboxylic acids is 1. The van der Waals surface area contributed by atoms with Crippen LogP contribution in [0.4, 0.5) is 0 Å². The van der Waals surface area contributed by atoms with Crippen molar-refractivity contribution in [3.63, 3.8) is 0 Å². The van der Waals surface area contributed by atoms with E-state index in [1.807, 2.05) is 6.92 Å². The Hall–Kier alpha value is -2.24. The third-order valence-electron chi connectivity index (χ3n) is 2.94. The van der Waals surface area contributed by atoms with Crippen LogP contribution >= 0.6 is 23.2 Å². The second-order valence-electron chi connectivity index (χ2n) is 4.74. The molecule has 132 valence electrons. The Morgan fingerprint density at radius 2 is 1.96 bits per heavy atom. The smallest absolute Gasteiger partial charge is 0.330 e. The summed E-state index contributed by atoms with van der Waals surface area (Å²) >= 11 is 12.0. The van der Waals surface area contributed by atoms with Crippen molar-refractivity contribution in [1.29, 1.82) is 0 Å². The first-order chi connectivity index (χ1) is 12.0. The molecule has 0 aliphatic carbocycles. The Balaban J connectivity index is 2.34. The van der Waals surface area contributed by atoms with Crippen LogP contribution in [0.2, 0.25) is 10.0 Å². The summed E-state index contributed by atoms with van der Waals surface area (Å²) in [5, 5.41) is 0.840. The Morgan fingerprint density at radius 1 is 1.16 bits per heavy atom. The number of pyridine rings is 1. The molecule has 2 aromatic rings. The fraction of sp³-hybridized carbons (Fsp3) is 0.222. The van der Waals surface area contributed by atoms with Crippen molar-refractivity contribution >= 4 is 35.2 Å². The topological polar surface area (TPSA) is 57.7 Å². The zero-order valence-corrected chi connectivity index (χ0v) is 15.3. The summed E-state index contributed by atoms with van der Waals surface area (Å²) in [6, 6.07) is 8.28. The molecule has 0 spiro atoms. The van der Waals surface area contributed by atoms with E-state index in [2.05, 4.69) is 4.98 Å². The van der Waals surface area contributed by atoms with Crippen molar-refractivity contribution in [2.75, 3.05) is 13.2 Å². The van der Waals surface area contributed by atoms with E-state index in [0.717, 1.165) is 0 Å². The zero-order valence-electron chi connectivity index (χ0n) is 13.8. The largest absolute Gasteiger partial charge is 0.478 e. The lowest BCUT2D eigenvalue weighted by Gasteiger charge is -2.11. The van der Waals surface area contributed by atoms with Crippen molar-refractivity contribution in [3.8, 4) is 17.5 Å². The molecule has 0 atom stereocenters. The number of ether oxygens (including phenoxy) is 3. The van der Waals surface area contributed by atoms with Crippen molar-refractivity contribution in [1.82, 2.24) is 4.98 Å². The van der Waals surface area contributed by atoms with Crippen molar-refractivity contribution in [2.24, 2.45) is 0 Å². The Morgan fingerprint density at radius 3 is 2.64 bits per heavy atom. The van der Waals surface area contributed by atoms with E-state index in [4.69, 9.17) is 37.4 Å². The predicted octanol–water partition coefficient (Wildman–Crippen LogP) is 5.16. The Kier molecular flexibility index (Phi) is 7.10. The third kappa shape index (κ3) is 5.66. The standard InChI is InChI=1S/C18H17Cl2NO4/c1-3-23-16-9-5-12(6-10-17(22)24-4-2)18(21-16)25-15-8-7-13(19)11-14(15)20/h5-11H,3-4H2,1-2H3/b10-6+. The van der Waals surface area contributed by atoms with Gasteiger partial charge in [0.2, 0.25) is 11.8 Å². The van der Waals surface area contributed by atoms with Gasteiger partial charge in [0.05, 0.1) is 18.2 Å². The molecule has 0 N–H and O–H groups in total. The first-order valence-corrected chi connectivity index (χ1v) is 8.40. The third-order valence-corrected chi connectivity index (χ3v) is 3.47. The molecule has 0 saturated carbocycles. The highest BCUT2D eigenvalue weighted by atomic mass is 35.5. The van der Waals surface area contributed by atoms with Gasteiger partial charge >= 0.3 is 5.97 Å². The van der Waals surface area contributed by atoms with Crippen LogP contribution in [0.15, 0.2) is 36.4 Å². The molecule has 1 aromatic heterocycles. The number of nitrogens with zero attached hydrogens (tertiary/aromatic N) is 1. The molecule has 0 unspecified atom stereocenters. The van der Waals surface area contributed by atoms with E-state index in [-0.39, 0.29) is 5.88 Å². The number of hydrogen-bond donors (Lipinski definition) is 0. The second kappa shape index (κ2) is 9.30. The summed E-state index contributed by atoms with van der Waals surface area (Å²) < 4.78 is 16.1. The van der Waals surface area contributed by atoms with Gasteiger partial charge in [0.1, 0.15) is 5.75 Å². The predicted molar refractivity (Wildman–Crippen MR) is 97.6 cm³/mol. The molecule has 5 nitrogen and oxygen atoms in total. The highest BCUT2D eigenvalue weighted by molar-refractivity contribution is 6.35. The molecular formula is C18H17Cl2NO4. The number of esters is 1. The lowest BCUT2D eigenvalue weighted by atomic mass is 10.2. The van der Waals surface area contributed by atoms with Gasteiger partial charge in [0, 0.05) is 22.7 Å². The van der Waals surface area contributed by atoms with E-state index >= 15 is 0 Å². The Labute approximate surface area is 156 Å². The fourth-order valence-corrected chi connectivity index (χ4v) is 2.33. The van der Waals surface area contributed by atoms with Crippen LogP contribution in [-0.4, -0.2) is 24.2 Å². The molecule has 1 aromatic carbocycles. The van der Waals surface area contributed by atoms with E-state index < -0.39 is 5.97 Å². The number of aromatic nitrogens is 1. The van der Waals surface area contributed by atoms with Crippen LogP contribution in [0.5, 0.6) is 17.5 Å². The minimum absolute atomic E-state index is 0.246. The summed E-state index contributed by atoms with van der Waals surface area (Å²) in [5.74, 6) is 0.580. The fourth-order valence-electron chi connectivity index (χ4n) is 1.88. The minimum Gasteiger partial charge on any atom is -0.478 e. The van der Waals surface area contributed by atoms with Gasteiger partial charge in [-0.25, -0.2) is 4.79 Å². The SMILES string of the molecule is CCOC(=O)/C=C/c1ccc(OCC)nc1Oc1ccc(Cl)cc1Cl. The van der Waals surface area contributed by atoms with Gasteiger partial charge in [-0.15, -0.1) is 0 Å². The van der Waals surface area contributed by atoms with E-state index in [1.54, 1.807) is 43.3 Å². The van der Waals surface area contributed by atoms with Gasteiger partial charge < -0.3 is 14.2 Å². The first kappa shape index (κ1) is 19.1. The number of benzene rings is 1. The minimum atomic E-state index is -0.452. The number of hydrogen-bond acceptors (Lipinski definition) is 5. The highest BCUT2D eigenvalue weighted by Gasteiger charge is 2.11. The molecule has 0 saturated heterocycles. The lowest BCUT2D eigenvalue weighted by molar-refractivity contribution is -0.137. The normalized spacial score (nSPS) is 10.7. The van der Waals surface area contributed by atoms with Gasteiger partial charge in [-0.05, 0) is 44.2 Å². The molecule has 25 heavy (non-hydrogen) atoms. The van der Waals surface area contributed by atoms with Gasteiger partial charge in [-0.2, -0.15) is 4.98 Å². The Bertz CT molecular complexity index is 778.